The smallest absolute Gasteiger partial charge is 0.0577 e. The van der Waals surface area contributed by atoms with E-state index in [4.69, 9.17) is 17.3 Å². The van der Waals surface area contributed by atoms with Gasteiger partial charge in [-0.05, 0) is 42.7 Å². The second-order valence-corrected chi connectivity index (χ2v) is 4.57. The van der Waals surface area contributed by atoms with Gasteiger partial charge in [-0.15, -0.1) is 0 Å². The molecule has 2 nitrogen and oxygen atoms in total. The number of aromatic nitrogens is 1. The minimum absolute atomic E-state index is 0.116. The van der Waals surface area contributed by atoms with Crippen LogP contribution in [0.25, 0.3) is 0 Å². The molecule has 0 radical (unpaired) electrons. The van der Waals surface area contributed by atoms with Crippen molar-refractivity contribution in [1.29, 1.82) is 0 Å². The Morgan fingerprint density at radius 1 is 1.29 bits per heavy atom. The first-order valence-electron chi connectivity index (χ1n) is 5.58. The van der Waals surface area contributed by atoms with Crippen LogP contribution in [0.2, 0.25) is 5.02 Å². The van der Waals surface area contributed by atoms with Crippen LogP contribution in [-0.2, 0) is 6.42 Å². The Labute approximate surface area is 106 Å². The largest absolute Gasteiger partial charge is 0.322 e. The van der Waals surface area contributed by atoms with E-state index in [-0.39, 0.29) is 6.04 Å². The topological polar surface area (TPSA) is 38.9 Å². The van der Waals surface area contributed by atoms with E-state index in [1.54, 1.807) is 6.20 Å². The summed E-state index contributed by atoms with van der Waals surface area (Å²) < 4.78 is 0. The standard InChI is InChI=1S/C14H15ClN2/c1-10-6-7-17-14(8-10)13(16)9-11-4-2-3-5-12(11)15/h2-8,13H,9,16H2,1H3. The maximum Gasteiger partial charge on any atom is 0.0577 e. The van der Waals surface area contributed by atoms with Crippen LogP contribution in [0.1, 0.15) is 22.9 Å². The van der Waals surface area contributed by atoms with E-state index in [0.717, 1.165) is 16.3 Å². The van der Waals surface area contributed by atoms with Crippen molar-refractivity contribution in [2.24, 2.45) is 5.73 Å². The van der Waals surface area contributed by atoms with E-state index in [2.05, 4.69) is 4.98 Å². The normalized spacial score (nSPS) is 12.4. The van der Waals surface area contributed by atoms with Crippen molar-refractivity contribution < 1.29 is 0 Å². The Balaban J connectivity index is 2.17. The highest BCUT2D eigenvalue weighted by Gasteiger charge is 2.10. The van der Waals surface area contributed by atoms with Crippen molar-refractivity contribution in [2.45, 2.75) is 19.4 Å². The van der Waals surface area contributed by atoms with Crippen molar-refractivity contribution >= 4 is 11.6 Å². The molecule has 1 unspecified atom stereocenters. The van der Waals surface area contributed by atoms with Crippen molar-refractivity contribution in [3.05, 3.63) is 64.4 Å². The number of nitrogens with two attached hydrogens (primary N) is 1. The van der Waals surface area contributed by atoms with Crippen LogP contribution in [0.4, 0.5) is 0 Å². The number of aryl methyl sites for hydroxylation is 1. The summed E-state index contributed by atoms with van der Waals surface area (Å²) in [6.45, 7) is 2.04. The third-order valence-electron chi connectivity index (χ3n) is 2.71. The summed E-state index contributed by atoms with van der Waals surface area (Å²) in [6, 6.07) is 11.6. The average molecular weight is 247 g/mol. The minimum atomic E-state index is -0.116. The van der Waals surface area contributed by atoms with Gasteiger partial charge in [0.2, 0.25) is 0 Å². The predicted molar refractivity (Wildman–Crippen MR) is 71.1 cm³/mol. The number of benzene rings is 1. The number of hydrogen-bond donors (Lipinski definition) is 1. The number of rotatable bonds is 3. The summed E-state index contributed by atoms with van der Waals surface area (Å²) in [5.74, 6) is 0. The highest BCUT2D eigenvalue weighted by Crippen LogP contribution is 2.21. The molecule has 0 spiro atoms. The Kier molecular flexibility index (Phi) is 3.77. The minimum Gasteiger partial charge on any atom is -0.322 e. The van der Waals surface area contributed by atoms with Crippen molar-refractivity contribution in [1.82, 2.24) is 4.98 Å². The van der Waals surface area contributed by atoms with Crippen molar-refractivity contribution in [2.75, 3.05) is 0 Å². The summed E-state index contributed by atoms with van der Waals surface area (Å²) in [6.07, 6.45) is 2.49. The first-order valence-corrected chi connectivity index (χ1v) is 5.96. The fourth-order valence-corrected chi connectivity index (χ4v) is 1.98. The lowest BCUT2D eigenvalue weighted by atomic mass is 10.0. The zero-order valence-electron chi connectivity index (χ0n) is 9.73. The Morgan fingerprint density at radius 3 is 2.76 bits per heavy atom. The van der Waals surface area contributed by atoms with E-state index in [1.807, 2.05) is 43.3 Å². The monoisotopic (exact) mass is 246 g/mol. The molecule has 0 aliphatic heterocycles. The first kappa shape index (κ1) is 12.1. The third-order valence-corrected chi connectivity index (χ3v) is 3.08. The molecule has 1 aromatic carbocycles. The van der Waals surface area contributed by atoms with Crippen molar-refractivity contribution in [3.63, 3.8) is 0 Å². The summed E-state index contributed by atoms with van der Waals surface area (Å²) in [5.41, 5.74) is 9.28. The molecule has 1 aromatic heterocycles. The van der Waals surface area contributed by atoms with Gasteiger partial charge in [-0.1, -0.05) is 29.8 Å². The van der Waals surface area contributed by atoms with E-state index in [1.165, 1.54) is 5.56 Å². The second kappa shape index (κ2) is 5.30. The molecule has 1 atom stereocenters. The molecule has 0 aliphatic carbocycles. The van der Waals surface area contributed by atoms with E-state index >= 15 is 0 Å². The van der Waals surface area contributed by atoms with Gasteiger partial charge in [0.25, 0.3) is 0 Å². The average Bonchev–Trinajstić information content (AvgIpc) is 2.32. The van der Waals surface area contributed by atoms with Crippen LogP contribution in [0.3, 0.4) is 0 Å². The van der Waals surface area contributed by atoms with Crippen LogP contribution >= 0.6 is 11.6 Å². The quantitative estimate of drug-likeness (QED) is 0.903. The number of nitrogens with zero attached hydrogens (tertiary/aromatic N) is 1. The molecule has 0 aliphatic rings. The zero-order valence-corrected chi connectivity index (χ0v) is 10.5. The Bertz CT molecular complexity index is 511. The Hall–Kier alpha value is -1.38. The molecule has 0 fully saturated rings. The van der Waals surface area contributed by atoms with Gasteiger partial charge in [-0.25, -0.2) is 0 Å². The molecule has 0 saturated carbocycles. The molecular weight excluding hydrogens is 232 g/mol. The molecule has 0 saturated heterocycles. The molecule has 0 bridgehead atoms. The van der Waals surface area contributed by atoms with Gasteiger partial charge in [-0.2, -0.15) is 0 Å². The molecule has 2 aromatic rings. The van der Waals surface area contributed by atoms with E-state index in [9.17, 15) is 0 Å². The van der Waals surface area contributed by atoms with Gasteiger partial charge in [0.1, 0.15) is 0 Å². The van der Waals surface area contributed by atoms with Crippen LogP contribution in [-0.4, -0.2) is 4.98 Å². The van der Waals surface area contributed by atoms with Gasteiger partial charge < -0.3 is 5.73 Å². The van der Waals surface area contributed by atoms with Gasteiger partial charge in [0.15, 0.2) is 0 Å². The molecule has 88 valence electrons. The lowest BCUT2D eigenvalue weighted by molar-refractivity contribution is 0.695. The summed E-state index contributed by atoms with van der Waals surface area (Å²) >= 11 is 6.11. The van der Waals surface area contributed by atoms with E-state index < -0.39 is 0 Å². The Morgan fingerprint density at radius 2 is 2.06 bits per heavy atom. The zero-order chi connectivity index (χ0) is 12.3. The van der Waals surface area contributed by atoms with Gasteiger partial charge in [0.05, 0.1) is 11.7 Å². The maximum absolute atomic E-state index is 6.14. The van der Waals surface area contributed by atoms with Crippen LogP contribution < -0.4 is 5.73 Å². The fraction of sp³-hybridized carbons (Fsp3) is 0.214. The molecular formula is C14H15ClN2. The fourth-order valence-electron chi connectivity index (χ4n) is 1.77. The van der Waals surface area contributed by atoms with Gasteiger partial charge in [0, 0.05) is 11.2 Å². The van der Waals surface area contributed by atoms with Gasteiger partial charge >= 0.3 is 0 Å². The summed E-state index contributed by atoms with van der Waals surface area (Å²) in [4.78, 5) is 4.30. The van der Waals surface area contributed by atoms with Crippen LogP contribution in [0.5, 0.6) is 0 Å². The van der Waals surface area contributed by atoms with Gasteiger partial charge in [-0.3, -0.25) is 4.98 Å². The highest BCUT2D eigenvalue weighted by atomic mass is 35.5. The van der Waals surface area contributed by atoms with E-state index in [0.29, 0.717) is 6.42 Å². The molecule has 17 heavy (non-hydrogen) atoms. The number of hydrogen-bond acceptors (Lipinski definition) is 2. The summed E-state index contributed by atoms with van der Waals surface area (Å²) in [5, 5.41) is 0.760. The highest BCUT2D eigenvalue weighted by molar-refractivity contribution is 6.31. The van der Waals surface area contributed by atoms with Crippen LogP contribution in [0.15, 0.2) is 42.6 Å². The number of pyridine rings is 1. The molecule has 2 N–H and O–H groups in total. The lowest BCUT2D eigenvalue weighted by Crippen LogP contribution is -2.15. The predicted octanol–water partition coefficient (Wildman–Crippen LogP) is 3.29. The molecule has 1 heterocycles. The molecule has 0 amide bonds. The molecule has 2 rings (SSSR count). The third kappa shape index (κ3) is 3.05. The molecule has 3 heteroatoms. The maximum atomic E-state index is 6.14. The SMILES string of the molecule is Cc1ccnc(C(N)Cc2ccccc2Cl)c1. The second-order valence-electron chi connectivity index (χ2n) is 4.16. The number of halogens is 1. The summed E-state index contributed by atoms with van der Waals surface area (Å²) in [7, 11) is 0. The lowest BCUT2D eigenvalue weighted by Gasteiger charge is -2.12. The van der Waals surface area contributed by atoms with Crippen molar-refractivity contribution in [3.8, 4) is 0 Å². The first-order chi connectivity index (χ1) is 8.16. The van der Waals surface area contributed by atoms with Crippen LogP contribution in [0, 0.1) is 6.92 Å².